The van der Waals surface area contributed by atoms with Crippen LogP contribution in [0.2, 0.25) is 0 Å². The van der Waals surface area contributed by atoms with Crippen molar-refractivity contribution >= 4 is 0 Å². The minimum Gasteiger partial charge on any atom is -0.329 e. The van der Waals surface area contributed by atoms with Gasteiger partial charge >= 0.3 is 0 Å². The van der Waals surface area contributed by atoms with Gasteiger partial charge in [0.25, 0.3) is 0 Å². The molecular weight excluding hydrogens is 246 g/mol. The Morgan fingerprint density at radius 3 is 2.35 bits per heavy atom. The Bertz CT molecular complexity index is 297. The highest BCUT2D eigenvalue weighted by Gasteiger charge is 2.40. The molecule has 0 aromatic heterocycles. The summed E-state index contributed by atoms with van der Waals surface area (Å²) >= 11 is 0. The third-order valence-corrected chi connectivity index (χ3v) is 6.17. The smallest absolute Gasteiger partial charge is 0.0332 e. The number of nitrogens with zero attached hydrogens (tertiary/aromatic N) is 2. The Balaban J connectivity index is 1.68. The molecule has 116 valence electrons. The normalized spacial score (nSPS) is 33.1. The van der Waals surface area contributed by atoms with Gasteiger partial charge in [-0.3, -0.25) is 9.80 Å². The summed E-state index contributed by atoms with van der Waals surface area (Å²) in [6.45, 7) is 6.05. The molecular formula is C17H33N3. The molecule has 1 unspecified atom stereocenters. The molecule has 0 aromatic carbocycles. The summed E-state index contributed by atoms with van der Waals surface area (Å²) in [5, 5.41) is 0. The standard InChI is InChI=1S/C17H33N3/c18-15-17(9-5-2-1-3-6-10-17)20-13-12-19-11-7-4-8-16(19)14-20/h16H,1-15,18H2. The van der Waals surface area contributed by atoms with Crippen LogP contribution in [0.4, 0.5) is 0 Å². The molecule has 1 atom stereocenters. The predicted octanol–water partition coefficient (Wildman–Crippen LogP) is 2.60. The van der Waals surface area contributed by atoms with Gasteiger partial charge in [-0.1, -0.05) is 38.5 Å². The number of rotatable bonds is 2. The highest BCUT2D eigenvalue weighted by molar-refractivity contribution is 4.97. The number of fused-ring (bicyclic) bond motifs is 1. The monoisotopic (exact) mass is 279 g/mol. The molecule has 2 aliphatic heterocycles. The molecule has 3 aliphatic rings. The molecule has 0 aromatic rings. The zero-order chi connectivity index (χ0) is 13.8. The molecule has 1 saturated carbocycles. The van der Waals surface area contributed by atoms with Crippen LogP contribution in [0.25, 0.3) is 0 Å². The number of piperidine rings is 1. The molecule has 2 saturated heterocycles. The summed E-state index contributed by atoms with van der Waals surface area (Å²) in [4.78, 5) is 5.55. The maximum atomic E-state index is 6.30. The molecule has 3 heteroatoms. The van der Waals surface area contributed by atoms with Crippen LogP contribution in [0.1, 0.15) is 64.2 Å². The summed E-state index contributed by atoms with van der Waals surface area (Å²) < 4.78 is 0. The summed E-state index contributed by atoms with van der Waals surface area (Å²) in [5.74, 6) is 0. The van der Waals surface area contributed by atoms with Crippen LogP contribution in [0.5, 0.6) is 0 Å². The Labute approximate surface area is 124 Å². The van der Waals surface area contributed by atoms with Crippen molar-refractivity contribution in [2.24, 2.45) is 5.73 Å². The molecule has 20 heavy (non-hydrogen) atoms. The van der Waals surface area contributed by atoms with Gasteiger partial charge in [0.1, 0.15) is 0 Å². The van der Waals surface area contributed by atoms with Crippen LogP contribution >= 0.6 is 0 Å². The Kier molecular flexibility index (Phi) is 5.00. The second kappa shape index (κ2) is 6.76. The molecule has 1 aliphatic carbocycles. The number of nitrogens with two attached hydrogens (primary N) is 1. The number of hydrogen-bond acceptors (Lipinski definition) is 3. The first-order chi connectivity index (χ1) is 9.84. The first kappa shape index (κ1) is 14.8. The first-order valence-corrected chi connectivity index (χ1v) is 9.03. The van der Waals surface area contributed by atoms with Crippen molar-refractivity contribution in [1.29, 1.82) is 0 Å². The zero-order valence-electron chi connectivity index (χ0n) is 13.2. The lowest BCUT2D eigenvalue weighted by Crippen LogP contribution is -2.64. The van der Waals surface area contributed by atoms with Crippen LogP contribution in [0.3, 0.4) is 0 Å². The van der Waals surface area contributed by atoms with Crippen molar-refractivity contribution in [2.45, 2.75) is 75.8 Å². The van der Waals surface area contributed by atoms with Crippen LogP contribution in [0.15, 0.2) is 0 Å². The van der Waals surface area contributed by atoms with Gasteiger partial charge in [0.05, 0.1) is 0 Å². The quantitative estimate of drug-likeness (QED) is 0.843. The SMILES string of the molecule is NCC1(N2CCN3CCCCC3C2)CCCCCCC1. The van der Waals surface area contributed by atoms with Gasteiger partial charge < -0.3 is 5.73 Å². The number of piperazine rings is 1. The molecule has 2 heterocycles. The van der Waals surface area contributed by atoms with Crippen molar-refractivity contribution in [1.82, 2.24) is 9.80 Å². The lowest BCUT2D eigenvalue weighted by Gasteiger charge is -2.52. The van der Waals surface area contributed by atoms with Gasteiger partial charge in [0.2, 0.25) is 0 Å². The molecule has 2 N–H and O–H groups in total. The minimum atomic E-state index is 0.337. The maximum Gasteiger partial charge on any atom is 0.0332 e. The first-order valence-electron chi connectivity index (χ1n) is 9.03. The van der Waals surface area contributed by atoms with E-state index in [0.717, 1.165) is 12.6 Å². The predicted molar refractivity (Wildman–Crippen MR) is 84.9 cm³/mol. The van der Waals surface area contributed by atoms with Gasteiger partial charge in [0.15, 0.2) is 0 Å². The van der Waals surface area contributed by atoms with E-state index in [9.17, 15) is 0 Å². The van der Waals surface area contributed by atoms with Crippen molar-refractivity contribution in [3.63, 3.8) is 0 Å². The summed E-state index contributed by atoms with van der Waals surface area (Å²) in [7, 11) is 0. The summed E-state index contributed by atoms with van der Waals surface area (Å²) in [6.07, 6.45) is 14.0. The van der Waals surface area contributed by atoms with Crippen LogP contribution in [-0.4, -0.2) is 54.1 Å². The van der Waals surface area contributed by atoms with Crippen molar-refractivity contribution in [2.75, 3.05) is 32.7 Å². The van der Waals surface area contributed by atoms with E-state index in [2.05, 4.69) is 9.80 Å². The van der Waals surface area contributed by atoms with E-state index in [1.165, 1.54) is 90.4 Å². The van der Waals surface area contributed by atoms with Crippen molar-refractivity contribution < 1.29 is 0 Å². The van der Waals surface area contributed by atoms with Gasteiger partial charge in [-0.2, -0.15) is 0 Å². The second-order valence-electron chi connectivity index (χ2n) is 7.33. The van der Waals surface area contributed by atoms with Gasteiger partial charge in [-0.05, 0) is 32.2 Å². The average molecular weight is 279 g/mol. The van der Waals surface area contributed by atoms with Crippen LogP contribution in [0, 0.1) is 0 Å². The third kappa shape index (κ3) is 3.05. The van der Waals surface area contributed by atoms with Gasteiger partial charge in [-0.25, -0.2) is 0 Å². The largest absolute Gasteiger partial charge is 0.329 e. The van der Waals surface area contributed by atoms with Crippen molar-refractivity contribution in [3.8, 4) is 0 Å². The van der Waals surface area contributed by atoms with E-state index >= 15 is 0 Å². The van der Waals surface area contributed by atoms with E-state index in [0.29, 0.717) is 5.54 Å². The third-order valence-electron chi connectivity index (χ3n) is 6.17. The average Bonchev–Trinajstić information content (AvgIpc) is 2.47. The van der Waals surface area contributed by atoms with Gasteiger partial charge in [-0.15, -0.1) is 0 Å². The minimum absolute atomic E-state index is 0.337. The summed E-state index contributed by atoms with van der Waals surface area (Å²) in [6, 6.07) is 0.825. The molecule has 0 radical (unpaired) electrons. The van der Waals surface area contributed by atoms with Gasteiger partial charge in [0, 0.05) is 37.8 Å². The fourth-order valence-electron chi connectivity index (χ4n) is 4.80. The molecule has 0 amide bonds. The molecule has 0 bridgehead atoms. The molecule has 0 spiro atoms. The fraction of sp³-hybridized carbons (Fsp3) is 1.00. The molecule has 3 nitrogen and oxygen atoms in total. The summed E-state index contributed by atoms with van der Waals surface area (Å²) in [5.41, 5.74) is 6.64. The van der Waals surface area contributed by atoms with Crippen molar-refractivity contribution in [3.05, 3.63) is 0 Å². The Morgan fingerprint density at radius 1 is 0.850 bits per heavy atom. The maximum absolute atomic E-state index is 6.30. The molecule has 3 rings (SSSR count). The van der Waals surface area contributed by atoms with E-state index in [-0.39, 0.29) is 0 Å². The fourth-order valence-corrected chi connectivity index (χ4v) is 4.80. The van der Waals surface area contributed by atoms with E-state index in [1.807, 2.05) is 0 Å². The highest BCUT2D eigenvalue weighted by atomic mass is 15.3. The van der Waals surface area contributed by atoms with E-state index < -0.39 is 0 Å². The number of hydrogen-bond donors (Lipinski definition) is 1. The lowest BCUT2D eigenvalue weighted by molar-refractivity contribution is -0.0216. The second-order valence-corrected chi connectivity index (χ2v) is 7.33. The van der Waals surface area contributed by atoms with E-state index in [4.69, 9.17) is 5.73 Å². The topological polar surface area (TPSA) is 32.5 Å². The zero-order valence-corrected chi connectivity index (χ0v) is 13.2. The molecule has 3 fully saturated rings. The highest BCUT2D eigenvalue weighted by Crippen LogP contribution is 2.34. The Hall–Kier alpha value is -0.120. The Morgan fingerprint density at radius 2 is 1.60 bits per heavy atom. The van der Waals surface area contributed by atoms with Crippen LogP contribution < -0.4 is 5.73 Å². The van der Waals surface area contributed by atoms with Crippen LogP contribution in [-0.2, 0) is 0 Å². The lowest BCUT2D eigenvalue weighted by atomic mass is 9.81. The van der Waals surface area contributed by atoms with E-state index in [1.54, 1.807) is 0 Å².